The number of hydrogen-bond donors (Lipinski definition) is 2. The number of alkyl carbamates (subject to hydrolysis) is 1. The number of aromatic nitrogens is 1. The first-order chi connectivity index (χ1) is 26.9. The molecule has 0 radical (unpaired) electrons. The van der Waals surface area contributed by atoms with Gasteiger partial charge in [0.2, 0.25) is 16.8 Å². The number of ether oxygens (including phenoxy) is 6. The molecule has 2 aromatic carbocycles. The monoisotopic (exact) mass is 713 g/mol. The predicted molar refractivity (Wildman–Crippen MR) is 174 cm³/mol. The van der Waals surface area contributed by atoms with Crippen LogP contribution in [0.2, 0.25) is 0 Å². The molecule has 0 aliphatic carbocycles. The molecule has 6 rings (SSSR count). The molecule has 2 fully saturated rings. The van der Waals surface area contributed by atoms with Crippen molar-refractivity contribution in [1.82, 2.24) is 14.6 Å². The van der Waals surface area contributed by atoms with E-state index in [1.54, 1.807) is 24.3 Å². The van der Waals surface area contributed by atoms with Gasteiger partial charge in [-0.15, -0.1) is 11.3 Å². The first kappa shape index (κ1) is 23.8. The molecule has 1 aromatic heterocycles. The van der Waals surface area contributed by atoms with Crippen LogP contribution >= 0.6 is 11.3 Å². The number of amides is 1. The molecule has 2 N–H and O–H groups in total. The Morgan fingerprint density at radius 1 is 1.23 bits per heavy atom. The van der Waals surface area contributed by atoms with Crippen molar-refractivity contribution in [3.8, 4) is 17.2 Å². The van der Waals surface area contributed by atoms with Gasteiger partial charge in [-0.05, 0) is 55.5 Å². The van der Waals surface area contributed by atoms with Crippen molar-refractivity contribution in [2.75, 3.05) is 33.0 Å². The van der Waals surface area contributed by atoms with Gasteiger partial charge in [-0.2, -0.15) is 4.31 Å². The number of fused-ring (bicyclic) bond motifs is 2. The van der Waals surface area contributed by atoms with Crippen molar-refractivity contribution >= 4 is 27.5 Å². The summed E-state index contributed by atoms with van der Waals surface area (Å²) in [6.45, 7) is -10.6. The van der Waals surface area contributed by atoms with Crippen LogP contribution < -0.4 is 19.5 Å². The molecule has 1 amide bonds. The van der Waals surface area contributed by atoms with Gasteiger partial charge in [0.15, 0.2) is 17.8 Å². The topological polar surface area (TPSA) is 155 Å². The van der Waals surface area contributed by atoms with E-state index in [-0.39, 0.29) is 44.3 Å². The number of aliphatic hydroxyl groups is 1. The van der Waals surface area contributed by atoms with E-state index in [1.807, 2.05) is 12.3 Å². The summed E-state index contributed by atoms with van der Waals surface area (Å²) in [6.07, 6.45) is -7.31. The molecule has 48 heavy (non-hydrogen) atoms. The van der Waals surface area contributed by atoms with Gasteiger partial charge in [0, 0.05) is 34.1 Å². The second kappa shape index (κ2) is 15.0. The molecular weight excluding hydrogens is 663 g/mol. The minimum absolute atomic E-state index is 0.0109. The average Bonchev–Trinajstić information content (AvgIpc) is 3.92. The Morgan fingerprint density at radius 3 is 2.81 bits per heavy atom. The van der Waals surface area contributed by atoms with Crippen LogP contribution in [0.25, 0.3) is 0 Å². The summed E-state index contributed by atoms with van der Waals surface area (Å²) >= 11 is 1.46. The van der Waals surface area contributed by atoms with E-state index in [9.17, 15) is 18.3 Å². The zero-order valence-electron chi connectivity index (χ0n) is 35.7. The zero-order chi connectivity index (χ0) is 42.5. The minimum atomic E-state index is -4.95. The summed E-state index contributed by atoms with van der Waals surface area (Å²) in [6, 6.07) is 8.25. The molecule has 0 saturated carbocycles. The molecular formula is C33H41N3O10S2. The number of benzene rings is 2. The summed E-state index contributed by atoms with van der Waals surface area (Å²) in [5.41, 5.74) is 1.15. The lowest BCUT2D eigenvalue weighted by molar-refractivity contribution is -0.0907. The summed E-state index contributed by atoms with van der Waals surface area (Å²) < 4.78 is 143. The van der Waals surface area contributed by atoms with Gasteiger partial charge in [-0.25, -0.2) is 18.2 Å². The third-order valence-corrected chi connectivity index (χ3v) is 10.4. The number of hydrogen-bond acceptors (Lipinski definition) is 12. The largest absolute Gasteiger partial charge is 0.487 e. The quantitative estimate of drug-likeness (QED) is 0.250. The van der Waals surface area contributed by atoms with Crippen LogP contribution in [0, 0.1) is 18.7 Å². The van der Waals surface area contributed by atoms with Crippen LogP contribution in [0.1, 0.15) is 50.1 Å². The van der Waals surface area contributed by atoms with E-state index in [0.717, 1.165) is 17.1 Å². The first-order valence-corrected chi connectivity index (χ1v) is 17.2. The van der Waals surface area contributed by atoms with Crippen LogP contribution in [-0.4, -0.2) is 86.5 Å². The van der Waals surface area contributed by atoms with Gasteiger partial charge in [0.25, 0.3) is 0 Å². The van der Waals surface area contributed by atoms with Gasteiger partial charge >= 0.3 is 6.09 Å². The molecule has 5 atom stereocenters. The van der Waals surface area contributed by atoms with Crippen LogP contribution in [0.4, 0.5) is 4.79 Å². The zero-order valence-corrected chi connectivity index (χ0v) is 27.3. The first-order valence-electron chi connectivity index (χ1n) is 19.9. The average molecular weight is 714 g/mol. The highest BCUT2D eigenvalue weighted by molar-refractivity contribution is 7.89. The molecule has 15 heteroatoms. The maximum absolute atomic E-state index is 14.3. The Bertz CT molecular complexity index is 2060. The van der Waals surface area contributed by atoms with Crippen LogP contribution in [-0.2, 0) is 37.3 Å². The number of carbonyl (C=O) groups is 1. The third-order valence-electron chi connectivity index (χ3n) is 7.76. The Kier molecular flexibility index (Phi) is 7.42. The predicted octanol–water partition coefficient (Wildman–Crippen LogP) is 3.87. The van der Waals surface area contributed by atoms with Crippen molar-refractivity contribution in [3.63, 3.8) is 0 Å². The fourth-order valence-electron chi connectivity index (χ4n) is 5.34. The number of nitrogens with one attached hydrogen (secondary N) is 1. The van der Waals surface area contributed by atoms with Crippen LogP contribution in [0.15, 0.2) is 52.7 Å². The van der Waals surface area contributed by atoms with E-state index in [1.165, 1.54) is 17.4 Å². The lowest BCUT2D eigenvalue weighted by Crippen LogP contribution is -2.51. The van der Waals surface area contributed by atoms with Crippen molar-refractivity contribution < 1.29 is 60.4 Å². The Morgan fingerprint density at radius 2 is 2.04 bits per heavy atom. The molecule has 3 aliphatic rings. The fraction of sp³-hybridized carbons (Fsp3) is 0.515. The number of rotatable bonds is 14. The normalized spacial score (nSPS) is 27.7. The smallest absolute Gasteiger partial charge is 0.407 e. The second-order valence-corrected chi connectivity index (χ2v) is 14.2. The summed E-state index contributed by atoms with van der Waals surface area (Å²) in [5, 5.41) is 16.9. The van der Waals surface area contributed by atoms with E-state index >= 15 is 0 Å². The summed E-state index contributed by atoms with van der Waals surface area (Å²) in [4.78, 5) is 17.4. The number of aryl methyl sites for hydroxylation is 1. The molecule has 13 nitrogen and oxygen atoms in total. The van der Waals surface area contributed by atoms with Gasteiger partial charge < -0.3 is 38.8 Å². The SMILES string of the molecule is [2H]C([2H])([2H])C([2H])(CN(C[C@@H](O)[C@H](Cc1ccc(OCc2csc(C)n2)cc1)NC(=O)O[C@]1([2H])[C@@H]2CCO[C@@H]2OC1([2H])[2H])S(=O)(=O)c1ccc2c(c1)OCO2)C([2H])([2H])[2H]. The second-order valence-electron chi connectivity index (χ2n) is 11.2. The van der Waals surface area contributed by atoms with E-state index in [0.29, 0.717) is 21.3 Å². The standard InChI is InChI=1S/C33H41N3O10S2/c1-20(2)14-36(48(39,40)25-8-9-29-30(13-25)45-19-44-29)15-28(37)27(35-33(38)46-31-17-43-32-26(31)10-11-41-32)12-22-4-6-24(7-5-22)42-16-23-18-47-21(3)34-23/h4-9,13,18,20,26-28,31-32,37H,10-12,14-17,19H2,1-3H3,(H,35,38)/t26-,27-,28+,31-,32+/m0/s1/i1D3,2D3,17D2,20D,31D. The lowest BCUT2D eigenvalue weighted by atomic mass is 10.0. The van der Waals surface area contributed by atoms with Gasteiger partial charge in [0.05, 0.1) is 50.9 Å². The van der Waals surface area contributed by atoms with E-state index in [2.05, 4.69) is 10.3 Å². The minimum Gasteiger partial charge on any atom is -0.487 e. The highest BCUT2D eigenvalue weighted by atomic mass is 32.2. The van der Waals surface area contributed by atoms with Crippen molar-refractivity contribution in [1.29, 1.82) is 0 Å². The number of thiazole rings is 1. The molecule has 4 heterocycles. The number of sulfonamides is 1. The van der Waals surface area contributed by atoms with Crippen LogP contribution in [0.5, 0.6) is 17.2 Å². The Labute approximate surface area is 298 Å². The molecule has 2 saturated heterocycles. The third kappa shape index (κ3) is 8.21. The summed E-state index contributed by atoms with van der Waals surface area (Å²) in [7, 11) is -4.95. The number of carbonyl (C=O) groups excluding carboxylic acids is 1. The van der Waals surface area contributed by atoms with E-state index < -0.39 is 90.7 Å². The van der Waals surface area contributed by atoms with Gasteiger partial charge in [-0.1, -0.05) is 25.8 Å². The lowest BCUT2D eigenvalue weighted by Gasteiger charge is -2.31. The van der Waals surface area contributed by atoms with Crippen molar-refractivity contribution in [2.45, 2.75) is 69.5 Å². The Hall–Kier alpha value is -3.47. The molecule has 0 bridgehead atoms. The van der Waals surface area contributed by atoms with Crippen LogP contribution in [0.3, 0.4) is 0 Å². The maximum Gasteiger partial charge on any atom is 0.407 e. The molecule has 3 aliphatic heterocycles. The Balaban J connectivity index is 1.31. The van der Waals surface area contributed by atoms with Gasteiger partial charge in [0.1, 0.15) is 18.4 Å². The number of aliphatic hydroxyl groups excluding tert-OH is 1. The van der Waals surface area contributed by atoms with Crippen molar-refractivity contribution in [2.24, 2.45) is 11.8 Å². The van der Waals surface area contributed by atoms with E-state index in [4.69, 9.17) is 42.1 Å². The molecule has 0 unspecified atom stereocenters. The highest BCUT2D eigenvalue weighted by Crippen LogP contribution is 2.35. The summed E-state index contributed by atoms with van der Waals surface area (Å²) in [5.74, 6) is -3.79. The molecule has 260 valence electrons. The number of nitrogens with zero attached hydrogens (tertiary/aromatic N) is 2. The maximum atomic E-state index is 14.3. The van der Waals surface area contributed by atoms with Gasteiger partial charge in [-0.3, -0.25) is 0 Å². The molecule has 3 aromatic rings. The highest BCUT2D eigenvalue weighted by Gasteiger charge is 2.44. The molecule has 0 spiro atoms. The van der Waals surface area contributed by atoms with Crippen molar-refractivity contribution in [3.05, 3.63) is 64.1 Å². The fourth-order valence-corrected chi connectivity index (χ4v) is 7.38.